The summed E-state index contributed by atoms with van der Waals surface area (Å²) in [7, 11) is -0.302. The Morgan fingerprint density at radius 1 is 1.62 bits per heavy atom. The van der Waals surface area contributed by atoms with Crippen LogP contribution in [0.1, 0.15) is 39.5 Å². The van der Waals surface area contributed by atoms with Crippen LogP contribution in [0.2, 0.25) is 6.04 Å². The highest BCUT2D eigenvalue weighted by Gasteiger charge is 2.35. The van der Waals surface area contributed by atoms with Crippen LogP contribution < -0.4 is 0 Å². The lowest BCUT2D eigenvalue weighted by molar-refractivity contribution is 0.0599. The van der Waals surface area contributed by atoms with Crippen molar-refractivity contribution in [2.45, 2.75) is 51.2 Å². The van der Waals surface area contributed by atoms with Crippen LogP contribution in [0.5, 0.6) is 0 Å². The molecule has 78 valence electrons. The molecule has 0 aromatic carbocycles. The van der Waals surface area contributed by atoms with Crippen molar-refractivity contribution >= 4 is 21.4 Å². The van der Waals surface area contributed by atoms with E-state index in [0.29, 0.717) is 0 Å². The summed E-state index contributed by atoms with van der Waals surface area (Å²) in [5.41, 5.74) is 0.221. The molecule has 2 atom stereocenters. The van der Waals surface area contributed by atoms with Gasteiger partial charge < -0.3 is 4.43 Å². The normalized spacial score (nSPS) is 34.8. The van der Waals surface area contributed by atoms with Crippen molar-refractivity contribution < 1.29 is 4.43 Å². The maximum absolute atomic E-state index is 6.09. The second kappa shape index (κ2) is 5.37. The number of hydrogen-bond acceptors (Lipinski definition) is 1. The van der Waals surface area contributed by atoms with Gasteiger partial charge in [-0.15, -0.1) is 11.6 Å². The summed E-state index contributed by atoms with van der Waals surface area (Å²) in [6.07, 6.45) is 5.10. The number of halogens is 1. The Morgan fingerprint density at radius 3 is 2.92 bits per heavy atom. The fraction of sp³-hybridized carbons (Fsp3) is 1.00. The zero-order valence-corrected chi connectivity index (χ0v) is 11.0. The first-order valence-electron chi connectivity index (χ1n) is 5.39. The van der Waals surface area contributed by atoms with Crippen molar-refractivity contribution in [1.29, 1.82) is 0 Å². The van der Waals surface area contributed by atoms with Gasteiger partial charge in [-0.25, -0.2) is 0 Å². The second-order valence-electron chi connectivity index (χ2n) is 4.35. The lowest BCUT2D eigenvalue weighted by atomic mass is 9.95. The first-order chi connectivity index (χ1) is 6.19. The summed E-state index contributed by atoms with van der Waals surface area (Å²) < 4.78 is 6.09. The van der Waals surface area contributed by atoms with Crippen LogP contribution in [0.4, 0.5) is 0 Å². The fourth-order valence-corrected chi connectivity index (χ4v) is 4.03. The van der Waals surface area contributed by atoms with Gasteiger partial charge in [0.1, 0.15) is 0 Å². The fourth-order valence-electron chi connectivity index (χ4n) is 2.03. The van der Waals surface area contributed by atoms with E-state index in [-0.39, 0.29) is 15.4 Å². The van der Waals surface area contributed by atoms with Crippen LogP contribution in [0, 0.1) is 5.92 Å². The van der Waals surface area contributed by atoms with Gasteiger partial charge in [0.25, 0.3) is 0 Å². The Kier molecular flexibility index (Phi) is 4.77. The molecule has 0 bridgehead atoms. The molecule has 1 nitrogen and oxygen atoms in total. The van der Waals surface area contributed by atoms with Gasteiger partial charge >= 0.3 is 0 Å². The van der Waals surface area contributed by atoms with Gasteiger partial charge in [-0.2, -0.15) is 0 Å². The summed E-state index contributed by atoms with van der Waals surface area (Å²) in [6.45, 7) is 4.61. The van der Waals surface area contributed by atoms with Gasteiger partial charge in [-0.1, -0.05) is 13.3 Å². The molecule has 0 heterocycles. The molecule has 0 aromatic heterocycles. The van der Waals surface area contributed by atoms with E-state index in [1.165, 1.54) is 25.3 Å². The molecule has 13 heavy (non-hydrogen) atoms. The minimum Gasteiger partial charge on any atom is -0.419 e. The van der Waals surface area contributed by atoms with E-state index < -0.39 is 0 Å². The van der Waals surface area contributed by atoms with E-state index in [1.54, 1.807) is 0 Å². The van der Waals surface area contributed by atoms with Gasteiger partial charge in [0, 0.05) is 5.88 Å². The third kappa shape index (κ3) is 3.26. The van der Waals surface area contributed by atoms with Crippen LogP contribution in [0.15, 0.2) is 0 Å². The Bertz CT molecular complexity index is 154. The molecule has 0 spiro atoms. The van der Waals surface area contributed by atoms with E-state index >= 15 is 0 Å². The van der Waals surface area contributed by atoms with Crippen LogP contribution in [-0.2, 0) is 4.43 Å². The number of alkyl halides is 1. The minimum atomic E-state index is -0.302. The largest absolute Gasteiger partial charge is 0.419 e. The first kappa shape index (κ1) is 11.5. The number of rotatable bonds is 5. The van der Waals surface area contributed by atoms with Crippen molar-refractivity contribution in [3.8, 4) is 0 Å². The molecular formula is C10H21ClOSi. The summed E-state index contributed by atoms with van der Waals surface area (Å²) in [4.78, 5) is 0. The summed E-state index contributed by atoms with van der Waals surface area (Å²) in [5, 5.41) is 0. The third-order valence-corrected chi connectivity index (χ3v) is 5.23. The van der Waals surface area contributed by atoms with Gasteiger partial charge in [-0.05, 0) is 38.1 Å². The third-order valence-electron chi connectivity index (χ3n) is 3.31. The van der Waals surface area contributed by atoms with Crippen molar-refractivity contribution in [3.05, 3.63) is 0 Å². The van der Waals surface area contributed by atoms with Crippen molar-refractivity contribution in [3.63, 3.8) is 0 Å². The molecular weight excluding hydrogens is 200 g/mol. The quantitative estimate of drug-likeness (QED) is 0.393. The molecule has 0 aromatic rings. The molecule has 0 saturated heterocycles. The Balaban J connectivity index is 2.18. The summed E-state index contributed by atoms with van der Waals surface area (Å²) >= 11 is 5.63. The Morgan fingerprint density at radius 2 is 2.38 bits per heavy atom. The van der Waals surface area contributed by atoms with E-state index in [4.69, 9.17) is 16.0 Å². The van der Waals surface area contributed by atoms with Crippen molar-refractivity contribution in [2.24, 2.45) is 5.92 Å². The van der Waals surface area contributed by atoms with Crippen LogP contribution in [-0.4, -0.2) is 21.2 Å². The smallest absolute Gasteiger partial charge is 0.162 e. The molecule has 1 fully saturated rings. The molecule has 0 aliphatic heterocycles. The Hall–Kier alpha value is 0.467. The maximum Gasteiger partial charge on any atom is 0.162 e. The molecule has 0 N–H and O–H groups in total. The zero-order valence-electron chi connectivity index (χ0n) is 8.81. The van der Waals surface area contributed by atoms with Gasteiger partial charge in [0.05, 0.1) is 5.60 Å². The molecule has 1 aliphatic carbocycles. The molecule has 1 aliphatic rings. The van der Waals surface area contributed by atoms with Crippen LogP contribution >= 0.6 is 11.6 Å². The van der Waals surface area contributed by atoms with Crippen molar-refractivity contribution in [1.82, 2.24) is 0 Å². The Labute approximate surface area is 89.1 Å². The van der Waals surface area contributed by atoms with Gasteiger partial charge in [0.2, 0.25) is 0 Å². The van der Waals surface area contributed by atoms with Gasteiger partial charge in [0.15, 0.2) is 9.76 Å². The second-order valence-corrected chi connectivity index (χ2v) is 6.13. The zero-order chi connectivity index (χ0) is 9.73. The monoisotopic (exact) mass is 220 g/mol. The summed E-state index contributed by atoms with van der Waals surface area (Å²) in [5.74, 6) is 1.55. The molecule has 0 radical (unpaired) electrons. The molecule has 0 amide bonds. The van der Waals surface area contributed by atoms with Gasteiger partial charge in [-0.3, -0.25) is 0 Å². The molecule has 1 saturated carbocycles. The van der Waals surface area contributed by atoms with Crippen LogP contribution in [0.25, 0.3) is 0 Å². The molecule has 1 rings (SSSR count). The van der Waals surface area contributed by atoms with E-state index in [0.717, 1.165) is 18.2 Å². The molecule has 3 heteroatoms. The average molecular weight is 221 g/mol. The SMILES string of the molecule is CC1CCCC1(C)O[SiH2]CCCCl. The number of hydrogen-bond donors (Lipinski definition) is 0. The highest BCUT2D eigenvalue weighted by Crippen LogP contribution is 2.37. The van der Waals surface area contributed by atoms with Crippen molar-refractivity contribution in [2.75, 3.05) is 5.88 Å². The molecule has 2 unspecified atom stereocenters. The topological polar surface area (TPSA) is 9.23 Å². The van der Waals surface area contributed by atoms with E-state index in [1.807, 2.05) is 0 Å². The minimum absolute atomic E-state index is 0.221. The first-order valence-corrected chi connectivity index (χ1v) is 7.50. The standard InChI is InChI=1S/C10H21ClOSi/c1-9-5-3-6-10(9,2)12-13-8-4-7-11/h9H,3-8,13H2,1-2H3. The van der Waals surface area contributed by atoms with E-state index in [2.05, 4.69) is 13.8 Å². The lowest BCUT2D eigenvalue weighted by Crippen LogP contribution is -2.32. The summed E-state index contributed by atoms with van der Waals surface area (Å²) in [6, 6.07) is 1.24. The predicted octanol–water partition coefficient (Wildman–Crippen LogP) is 2.71. The maximum atomic E-state index is 6.09. The van der Waals surface area contributed by atoms with E-state index in [9.17, 15) is 0 Å². The predicted molar refractivity (Wildman–Crippen MR) is 61.2 cm³/mol. The highest BCUT2D eigenvalue weighted by atomic mass is 35.5. The highest BCUT2D eigenvalue weighted by molar-refractivity contribution is 6.27. The lowest BCUT2D eigenvalue weighted by Gasteiger charge is -2.30. The van der Waals surface area contributed by atoms with Crippen LogP contribution in [0.3, 0.4) is 0 Å². The average Bonchev–Trinajstić information content (AvgIpc) is 2.42.